The summed E-state index contributed by atoms with van der Waals surface area (Å²) in [5.74, 6) is 0. The molecule has 0 aliphatic carbocycles. The van der Waals surface area contributed by atoms with Gasteiger partial charge in [-0.1, -0.05) is 19.1 Å². The van der Waals surface area contributed by atoms with Crippen LogP contribution in [0.2, 0.25) is 0 Å². The molecule has 1 atom stereocenters. The average molecular weight is 298 g/mol. The number of para-hydroxylation sites is 1. The fourth-order valence-electron chi connectivity index (χ4n) is 2.36. The molecule has 1 aromatic rings. The summed E-state index contributed by atoms with van der Waals surface area (Å²) in [7, 11) is -3.44. The van der Waals surface area contributed by atoms with E-state index in [-0.39, 0.29) is 6.04 Å². The third-order valence-electron chi connectivity index (χ3n) is 3.32. The van der Waals surface area contributed by atoms with Crippen molar-refractivity contribution in [1.29, 1.82) is 0 Å². The molecule has 1 aliphatic rings. The summed E-state index contributed by atoms with van der Waals surface area (Å²) in [5, 5.41) is 3.35. The van der Waals surface area contributed by atoms with Crippen molar-refractivity contribution >= 4 is 15.7 Å². The van der Waals surface area contributed by atoms with Crippen LogP contribution in [0.25, 0.3) is 0 Å². The van der Waals surface area contributed by atoms with Gasteiger partial charge in [-0.2, -0.15) is 0 Å². The summed E-state index contributed by atoms with van der Waals surface area (Å²) >= 11 is 0. The van der Waals surface area contributed by atoms with Crippen LogP contribution in [0, 0.1) is 0 Å². The standard InChI is InChI=1S/C14H22N2O3S/c1-2-15-20(17,18)14-8-4-3-7-13(14)16-12-6-5-10-19-11-9-12/h3-4,7-8,12,15-16H,2,5-6,9-11H2,1H3. The monoisotopic (exact) mass is 298 g/mol. The number of sulfonamides is 1. The van der Waals surface area contributed by atoms with Crippen molar-refractivity contribution in [3.05, 3.63) is 24.3 Å². The third kappa shape index (κ3) is 3.94. The molecule has 1 aromatic carbocycles. The molecule has 0 saturated carbocycles. The molecule has 1 heterocycles. The van der Waals surface area contributed by atoms with Gasteiger partial charge in [0.15, 0.2) is 0 Å². The average Bonchev–Trinajstić information content (AvgIpc) is 2.68. The van der Waals surface area contributed by atoms with E-state index in [1.165, 1.54) is 0 Å². The van der Waals surface area contributed by atoms with Gasteiger partial charge in [-0.15, -0.1) is 0 Å². The van der Waals surface area contributed by atoms with Crippen LogP contribution in [0.15, 0.2) is 29.2 Å². The second kappa shape index (κ2) is 7.06. The van der Waals surface area contributed by atoms with Crippen molar-refractivity contribution < 1.29 is 13.2 Å². The number of hydrogen-bond donors (Lipinski definition) is 2. The summed E-state index contributed by atoms with van der Waals surface area (Å²) in [4.78, 5) is 0.312. The molecule has 0 bridgehead atoms. The molecule has 112 valence electrons. The van der Waals surface area contributed by atoms with Gasteiger partial charge in [0.1, 0.15) is 4.90 Å². The van der Waals surface area contributed by atoms with Crippen LogP contribution in [0.3, 0.4) is 0 Å². The highest BCUT2D eigenvalue weighted by Crippen LogP contribution is 2.23. The Hall–Kier alpha value is -1.11. The van der Waals surface area contributed by atoms with Crippen molar-refractivity contribution in [1.82, 2.24) is 4.72 Å². The zero-order chi connectivity index (χ0) is 14.4. The van der Waals surface area contributed by atoms with Crippen LogP contribution in [-0.4, -0.2) is 34.2 Å². The van der Waals surface area contributed by atoms with Crippen molar-refractivity contribution in [2.75, 3.05) is 25.1 Å². The van der Waals surface area contributed by atoms with Gasteiger partial charge in [0.2, 0.25) is 10.0 Å². The highest BCUT2D eigenvalue weighted by Gasteiger charge is 2.19. The Morgan fingerprint density at radius 3 is 2.85 bits per heavy atom. The number of anilines is 1. The highest BCUT2D eigenvalue weighted by atomic mass is 32.2. The lowest BCUT2D eigenvalue weighted by Crippen LogP contribution is -2.26. The highest BCUT2D eigenvalue weighted by molar-refractivity contribution is 7.89. The van der Waals surface area contributed by atoms with E-state index in [1.807, 2.05) is 12.1 Å². The molecule has 0 spiro atoms. The van der Waals surface area contributed by atoms with Gasteiger partial charge >= 0.3 is 0 Å². The van der Waals surface area contributed by atoms with Gasteiger partial charge in [-0.25, -0.2) is 13.1 Å². The smallest absolute Gasteiger partial charge is 0.242 e. The maximum Gasteiger partial charge on any atom is 0.242 e. The molecule has 2 N–H and O–H groups in total. The first-order chi connectivity index (χ1) is 9.63. The first kappa shape index (κ1) is 15.3. The van der Waals surface area contributed by atoms with Crippen LogP contribution in [-0.2, 0) is 14.8 Å². The molecule has 1 unspecified atom stereocenters. The molecule has 1 aliphatic heterocycles. The Balaban J connectivity index is 2.19. The molecule has 6 heteroatoms. The van der Waals surface area contributed by atoms with Gasteiger partial charge < -0.3 is 10.1 Å². The van der Waals surface area contributed by atoms with Crippen LogP contribution in [0.5, 0.6) is 0 Å². The third-order valence-corrected chi connectivity index (χ3v) is 4.93. The van der Waals surface area contributed by atoms with E-state index in [1.54, 1.807) is 19.1 Å². The largest absolute Gasteiger partial charge is 0.381 e. The Bertz CT molecular complexity index is 523. The maximum atomic E-state index is 12.2. The Labute approximate surface area is 120 Å². The molecular formula is C14H22N2O3S. The summed E-state index contributed by atoms with van der Waals surface area (Å²) in [6.07, 6.45) is 2.89. The van der Waals surface area contributed by atoms with Crippen LogP contribution in [0.1, 0.15) is 26.2 Å². The van der Waals surface area contributed by atoms with Crippen LogP contribution in [0.4, 0.5) is 5.69 Å². The van der Waals surface area contributed by atoms with Crippen LogP contribution < -0.4 is 10.0 Å². The van der Waals surface area contributed by atoms with E-state index in [9.17, 15) is 8.42 Å². The van der Waals surface area contributed by atoms with E-state index in [2.05, 4.69) is 10.0 Å². The summed E-state index contributed by atoms with van der Waals surface area (Å²) in [6, 6.07) is 7.30. The molecule has 0 aromatic heterocycles. The fourth-order valence-corrected chi connectivity index (χ4v) is 3.57. The second-order valence-corrected chi connectivity index (χ2v) is 6.62. The van der Waals surface area contributed by atoms with E-state index >= 15 is 0 Å². The van der Waals surface area contributed by atoms with Crippen LogP contribution >= 0.6 is 0 Å². The molecule has 2 rings (SSSR count). The molecule has 0 amide bonds. The first-order valence-corrected chi connectivity index (χ1v) is 8.55. The van der Waals surface area contributed by atoms with Gasteiger partial charge in [-0.05, 0) is 31.4 Å². The number of benzene rings is 1. The molecule has 5 nitrogen and oxygen atoms in total. The molecule has 1 saturated heterocycles. The Kier molecular flexibility index (Phi) is 5.39. The van der Waals surface area contributed by atoms with Gasteiger partial charge in [-0.3, -0.25) is 0 Å². The van der Waals surface area contributed by atoms with E-state index in [0.29, 0.717) is 17.1 Å². The van der Waals surface area contributed by atoms with Gasteiger partial charge in [0.05, 0.1) is 5.69 Å². The van der Waals surface area contributed by atoms with Crippen molar-refractivity contribution in [2.45, 2.75) is 37.1 Å². The molecule has 0 radical (unpaired) electrons. The fraction of sp³-hybridized carbons (Fsp3) is 0.571. The van der Waals surface area contributed by atoms with Crippen molar-refractivity contribution in [2.24, 2.45) is 0 Å². The lowest BCUT2D eigenvalue weighted by atomic mass is 10.1. The maximum absolute atomic E-state index is 12.2. The van der Waals surface area contributed by atoms with E-state index in [4.69, 9.17) is 4.74 Å². The predicted octanol–water partition coefficient (Wildman–Crippen LogP) is 1.97. The zero-order valence-electron chi connectivity index (χ0n) is 11.8. The number of ether oxygens (including phenoxy) is 1. The minimum absolute atomic E-state index is 0.260. The van der Waals surface area contributed by atoms with Crippen molar-refractivity contribution in [3.63, 3.8) is 0 Å². The Morgan fingerprint density at radius 1 is 1.25 bits per heavy atom. The van der Waals surface area contributed by atoms with Gasteiger partial charge in [0, 0.05) is 25.8 Å². The number of hydrogen-bond acceptors (Lipinski definition) is 4. The van der Waals surface area contributed by atoms with E-state index in [0.717, 1.165) is 32.5 Å². The number of rotatable bonds is 5. The minimum atomic E-state index is -3.44. The quantitative estimate of drug-likeness (QED) is 0.872. The summed E-state index contributed by atoms with van der Waals surface area (Å²) in [6.45, 7) is 3.67. The molecule has 1 fully saturated rings. The lowest BCUT2D eigenvalue weighted by Gasteiger charge is -2.19. The zero-order valence-corrected chi connectivity index (χ0v) is 12.6. The van der Waals surface area contributed by atoms with Gasteiger partial charge in [0.25, 0.3) is 0 Å². The molecule has 20 heavy (non-hydrogen) atoms. The number of nitrogens with one attached hydrogen (secondary N) is 2. The minimum Gasteiger partial charge on any atom is -0.381 e. The summed E-state index contributed by atoms with van der Waals surface area (Å²) < 4.78 is 32.3. The SMILES string of the molecule is CCNS(=O)(=O)c1ccccc1NC1CCCOCC1. The van der Waals surface area contributed by atoms with Crippen molar-refractivity contribution in [3.8, 4) is 0 Å². The Morgan fingerprint density at radius 2 is 2.05 bits per heavy atom. The predicted molar refractivity (Wildman–Crippen MR) is 79.4 cm³/mol. The summed E-state index contributed by atoms with van der Waals surface area (Å²) in [5.41, 5.74) is 0.667. The second-order valence-electron chi connectivity index (χ2n) is 4.88. The normalized spacial score (nSPS) is 20.4. The molecular weight excluding hydrogens is 276 g/mol. The lowest BCUT2D eigenvalue weighted by molar-refractivity contribution is 0.144. The first-order valence-electron chi connectivity index (χ1n) is 7.06. The van der Waals surface area contributed by atoms with E-state index < -0.39 is 10.0 Å². The topological polar surface area (TPSA) is 67.4 Å².